The summed E-state index contributed by atoms with van der Waals surface area (Å²) in [4.78, 5) is 28.7. The number of methoxy groups -OCH3 is 1. The number of carbonyl (C=O) groups excluding carboxylic acids is 2. The Labute approximate surface area is 226 Å². The lowest BCUT2D eigenvalue weighted by atomic mass is 9.67. The number of ether oxygens (including phenoxy) is 1. The Morgan fingerprint density at radius 2 is 1.81 bits per heavy atom. The lowest BCUT2D eigenvalue weighted by molar-refractivity contribution is -0.161. The summed E-state index contributed by atoms with van der Waals surface area (Å²) in [6.45, 7) is 7.69. The van der Waals surface area contributed by atoms with E-state index in [9.17, 15) is 13.8 Å². The van der Waals surface area contributed by atoms with E-state index in [1.165, 1.54) is 7.11 Å². The molecule has 1 aliphatic rings. The van der Waals surface area contributed by atoms with Gasteiger partial charge in [0.05, 0.1) is 25.0 Å². The summed E-state index contributed by atoms with van der Waals surface area (Å²) in [5, 5.41) is 1.18. The van der Waals surface area contributed by atoms with E-state index in [-0.39, 0.29) is 35.6 Å². The largest absolute Gasteiger partial charge is 0.469 e. The monoisotopic (exact) mass is 551 g/mol. The first-order valence-corrected chi connectivity index (χ1v) is 14.4. The molecule has 1 heterocycles. The van der Waals surface area contributed by atoms with Crippen molar-refractivity contribution in [1.29, 1.82) is 0 Å². The molecule has 0 N–H and O–H groups in total. The van der Waals surface area contributed by atoms with E-state index >= 15 is 0 Å². The molecule has 0 aromatic heterocycles. The Morgan fingerprint density at radius 1 is 1.14 bits per heavy atom. The van der Waals surface area contributed by atoms with Gasteiger partial charge in [-0.15, -0.1) is 0 Å². The summed E-state index contributed by atoms with van der Waals surface area (Å²) in [7, 11) is 0.218. The minimum Gasteiger partial charge on any atom is -0.469 e. The molecular formula is C28H35Cl2NO4S. The maximum absolute atomic E-state index is 14.3. The number of rotatable bonds is 9. The minimum absolute atomic E-state index is 0.0295. The molecule has 5 atom stereocenters. The minimum atomic E-state index is -1.12. The summed E-state index contributed by atoms with van der Waals surface area (Å²) < 4.78 is 18.0. The topological polar surface area (TPSA) is 63.7 Å². The van der Waals surface area contributed by atoms with E-state index in [0.717, 1.165) is 11.1 Å². The van der Waals surface area contributed by atoms with Crippen LogP contribution < -0.4 is 0 Å². The van der Waals surface area contributed by atoms with Crippen LogP contribution in [0.1, 0.15) is 70.0 Å². The van der Waals surface area contributed by atoms with Crippen LogP contribution in [0.2, 0.25) is 10.0 Å². The van der Waals surface area contributed by atoms with Crippen molar-refractivity contribution >= 4 is 45.9 Å². The van der Waals surface area contributed by atoms with Crippen molar-refractivity contribution in [1.82, 2.24) is 4.90 Å². The van der Waals surface area contributed by atoms with Crippen LogP contribution in [0.5, 0.6) is 0 Å². The SMILES string of the molecule is CCC(C[S@](=O)C(C)C)N1C(=O)[C@@](C)(CC(=O)OC)CC(c2cccc(Cl)c2)[C@H]1c1ccc(Cl)cc1. The molecule has 196 valence electrons. The highest BCUT2D eigenvalue weighted by atomic mass is 35.5. The number of amides is 1. The predicted molar refractivity (Wildman–Crippen MR) is 147 cm³/mol. The Balaban J connectivity index is 2.23. The summed E-state index contributed by atoms with van der Waals surface area (Å²) in [5.74, 6) is -0.350. The average molecular weight is 553 g/mol. The van der Waals surface area contributed by atoms with Crippen LogP contribution >= 0.6 is 23.2 Å². The number of likely N-dealkylation sites (tertiary alicyclic amines) is 1. The zero-order chi connectivity index (χ0) is 26.6. The standard InChI is InChI=1S/C28H35Cl2NO4S/c1-6-23(17-36(34)18(2)3)31-26(19-10-12-21(29)13-11-19)24(20-8-7-9-22(30)14-20)15-28(4,27(31)33)16-25(32)35-5/h7-14,18,23-24,26H,6,15-17H2,1-5H3/t23?,24?,26-,28-,36+/m1/s1. The van der Waals surface area contributed by atoms with Crippen LogP contribution in [0, 0.1) is 5.41 Å². The Kier molecular flexibility index (Phi) is 9.64. The lowest BCUT2D eigenvalue weighted by Crippen LogP contribution is -2.57. The van der Waals surface area contributed by atoms with Gasteiger partial charge in [0.15, 0.2) is 0 Å². The van der Waals surface area contributed by atoms with E-state index < -0.39 is 22.2 Å². The molecule has 1 fully saturated rings. The Hall–Kier alpha value is -1.89. The van der Waals surface area contributed by atoms with Crippen LogP contribution in [0.4, 0.5) is 0 Å². The van der Waals surface area contributed by atoms with Gasteiger partial charge in [-0.25, -0.2) is 0 Å². The fourth-order valence-electron chi connectivity index (χ4n) is 5.11. The maximum atomic E-state index is 14.3. The number of nitrogens with zero attached hydrogens (tertiary/aromatic N) is 1. The van der Waals surface area contributed by atoms with Crippen molar-refractivity contribution in [3.63, 3.8) is 0 Å². The zero-order valence-electron chi connectivity index (χ0n) is 21.5. The van der Waals surface area contributed by atoms with E-state index in [1.54, 1.807) is 0 Å². The number of piperidine rings is 1. The number of halogens is 2. The Morgan fingerprint density at radius 3 is 2.36 bits per heavy atom. The van der Waals surface area contributed by atoms with Crippen LogP contribution in [-0.2, 0) is 25.1 Å². The van der Waals surface area contributed by atoms with Gasteiger partial charge >= 0.3 is 5.97 Å². The zero-order valence-corrected chi connectivity index (χ0v) is 23.8. The average Bonchev–Trinajstić information content (AvgIpc) is 2.84. The summed E-state index contributed by atoms with van der Waals surface area (Å²) in [5.41, 5.74) is 0.929. The van der Waals surface area contributed by atoms with E-state index in [2.05, 4.69) is 0 Å². The fourth-order valence-corrected chi connectivity index (χ4v) is 6.60. The second-order valence-corrected chi connectivity index (χ2v) is 13.0. The van der Waals surface area contributed by atoms with Crippen molar-refractivity contribution < 1.29 is 18.5 Å². The molecule has 3 rings (SSSR count). The molecule has 8 heteroatoms. The van der Waals surface area contributed by atoms with E-state index in [0.29, 0.717) is 28.6 Å². The first-order chi connectivity index (χ1) is 17.0. The highest BCUT2D eigenvalue weighted by molar-refractivity contribution is 7.85. The van der Waals surface area contributed by atoms with Gasteiger partial charge in [0.2, 0.25) is 5.91 Å². The third-order valence-electron chi connectivity index (χ3n) is 7.10. The number of hydrogen-bond acceptors (Lipinski definition) is 4. The van der Waals surface area contributed by atoms with Gasteiger partial charge in [-0.2, -0.15) is 0 Å². The van der Waals surface area contributed by atoms with Gasteiger partial charge in [-0.3, -0.25) is 13.8 Å². The predicted octanol–water partition coefficient (Wildman–Crippen LogP) is 6.56. The van der Waals surface area contributed by atoms with Crippen LogP contribution in [0.25, 0.3) is 0 Å². The van der Waals surface area contributed by atoms with Gasteiger partial charge in [0.1, 0.15) is 0 Å². The molecule has 1 saturated heterocycles. The highest BCUT2D eigenvalue weighted by Crippen LogP contribution is 2.52. The number of hydrogen-bond donors (Lipinski definition) is 0. The van der Waals surface area contributed by atoms with Crippen molar-refractivity contribution in [2.45, 2.75) is 70.2 Å². The Bertz CT molecular complexity index is 1110. The van der Waals surface area contributed by atoms with Crippen LogP contribution in [0.15, 0.2) is 48.5 Å². The van der Waals surface area contributed by atoms with Gasteiger partial charge in [-0.1, -0.05) is 75.2 Å². The van der Waals surface area contributed by atoms with Crippen molar-refractivity contribution in [2.75, 3.05) is 12.9 Å². The molecule has 1 aliphatic heterocycles. The molecule has 0 saturated carbocycles. The number of carbonyl (C=O) groups is 2. The molecular weight excluding hydrogens is 517 g/mol. The molecule has 0 radical (unpaired) electrons. The van der Waals surface area contributed by atoms with Crippen LogP contribution in [0.3, 0.4) is 0 Å². The van der Waals surface area contributed by atoms with Crippen molar-refractivity contribution in [2.24, 2.45) is 5.41 Å². The lowest BCUT2D eigenvalue weighted by Gasteiger charge is -2.52. The molecule has 2 aromatic rings. The van der Waals surface area contributed by atoms with Gasteiger partial charge in [-0.05, 0) is 48.2 Å². The van der Waals surface area contributed by atoms with E-state index in [1.807, 2.05) is 81.1 Å². The first-order valence-electron chi connectivity index (χ1n) is 12.3. The smallest absolute Gasteiger partial charge is 0.306 e. The number of benzene rings is 2. The molecule has 0 aliphatic carbocycles. The van der Waals surface area contributed by atoms with E-state index in [4.69, 9.17) is 27.9 Å². The normalized spacial score (nSPS) is 24.0. The molecule has 1 amide bonds. The molecule has 2 aromatic carbocycles. The third-order valence-corrected chi connectivity index (χ3v) is 9.35. The number of esters is 1. The maximum Gasteiger partial charge on any atom is 0.306 e. The van der Waals surface area contributed by atoms with Gasteiger partial charge < -0.3 is 9.64 Å². The summed E-state index contributed by atoms with van der Waals surface area (Å²) in [6.07, 6.45) is 1.03. The summed E-state index contributed by atoms with van der Waals surface area (Å²) >= 11 is 12.6. The molecule has 0 spiro atoms. The molecule has 0 bridgehead atoms. The summed E-state index contributed by atoms with van der Waals surface area (Å²) in [6, 6.07) is 14.6. The highest BCUT2D eigenvalue weighted by Gasteiger charge is 2.52. The van der Waals surface area contributed by atoms with Gasteiger partial charge in [0, 0.05) is 43.8 Å². The molecule has 36 heavy (non-hydrogen) atoms. The fraction of sp³-hybridized carbons (Fsp3) is 0.500. The first kappa shape index (κ1) is 28.7. The second-order valence-electron chi connectivity index (χ2n) is 10.0. The van der Waals surface area contributed by atoms with Gasteiger partial charge in [0.25, 0.3) is 0 Å². The third kappa shape index (κ3) is 6.32. The molecule has 5 nitrogen and oxygen atoms in total. The quantitative estimate of drug-likeness (QED) is 0.331. The molecule has 2 unspecified atom stereocenters. The second kappa shape index (κ2) is 12.1. The van der Waals surface area contributed by atoms with Crippen molar-refractivity contribution in [3.05, 3.63) is 69.7 Å². The van der Waals surface area contributed by atoms with Crippen molar-refractivity contribution in [3.8, 4) is 0 Å². The van der Waals surface area contributed by atoms with Crippen LogP contribution in [-0.4, -0.2) is 45.1 Å².